The number of hydrazine groups is 1. The highest BCUT2D eigenvalue weighted by atomic mass is 79.9. The summed E-state index contributed by atoms with van der Waals surface area (Å²) < 4.78 is 1.59. The summed E-state index contributed by atoms with van der Waals surface area (Å²) in [6, 6.07) is 1.06. The first-order valence-corrected chi connectivity index (χ1v) is 11.4. The van der Waals surface area contributed by atoms with Crippen molar-refractivity contribution in [2.24, 2.45) is 12.8 Å². The number of halogens is 1. The number of aromatic nitrogens is 4. The van der Waals surface area contributed by atoms with Gasteiger partial charge in [-0.25, -0.2) is 9.80 Å². The molecule has 0 atom stereocenters. The largest absolute Gasteiger partial charge is 0.388 e. The number of nitrogens with one attached hydrogen (secondary N) is 6. The third-order valence-electron chi connectivity index (χ3n) is 4.89. The van der Waals surface area contributed by atoms with Gasteiger partial charge in [-0.3, -0.25) is 35.2 Å². The highest BCUT2D eigenvalue weighted by molar-refractivity contribution is 9.12. The molecule has 1 aliphatic rings. The predicted octanol–water partition coefficient (Wildman–Crippen LogP) is 0.0119. The molecule has 0 saturated carbocycles. The zero-order valence-electron chi connectivity index (χ0n) is 19.9. The third-order valence-corrected chi connectivity index (χ3v) is 5.25. The van der Waals surface area contributed by atoms with Crippen LogP contribution in [-0.4, -0.2) is 79.5 Å². The highest BCUT2D eigenvalue weighted by Crippen LogP contribution is 2.16. The zero-order valence-corrected chi connectivity index (χ0v) is 21.5. The van der Waals surface area contributed by atoms with Crippen molar-refractivity contribution in [2.75, 3.05) is 30.8 Å². The molecule has 0 spiro atoms. The smallest absolute Gasteiger partial charge is 0.336 e. The summed E-state index contributed by atoms with van der Waals surface area (Å²) in [4.78, 5) is 53.2. The van der Waals surface area contributed by atoms with Gasteiger partial charge in [0.15, 0.2) is 0 Å². The van der Waals surface area contributed by atoms with Gasteiger partial charge >= 0.3 is 6.03 Å². The van der Waals surface area contributed by atoms with Crippen LogP contribution in [-0.2, 0) is 11.8 Å². The number of hydrogen-bond acceptors (Lipinski definition) is 8. The van der Waals surface area contributed by atoms with Gasteiger partial charge in [0.2, 0.25) is 11.8 Å². The first-order chi connectivity index (χ1) is 17.4. The lowest BCUT2D eigenvalue weighted by atomic mass is 10.3. The molecule has 0 fully saturated rings. The molecule has 3 heterocycles. The topological polar surface area (TPSA) is 219 Å². The second kappa shape index (κ2) is 11.4. The Hall–Kier alpha value is -4.67. The van der Waals surface area contributed by atoms with Crippen LogP contribution in [0.25, 0.3) is 0 Å². The van der Waals surface area contributed by atoms with Crippen molar-refractivity contribution >= 4 is 57.2 Å². The van der Waals surface area contributed by atoms with Gasteiger partial charge in [-0.15, -0.1) is 5.10 Å². The predicted molar refractivity (Wildman–Crippen MR) is 136 cm³/mol. The van der Waals surface area contributed by atoms with Crippen molar-refractivity contribution in [3.8, 4) is 0 Å². The van der Waals surface area contributed by atoms with E-state index in [1.165, 1.54) is 26.8 Å². The van der Waals surface area contributed by atoms with Crippen LogP contribution in [0.3, 0.4) is 0 Å². The fraction of sp³-hybridized carbons (Fsp3) is 0.250. The minimum atomic E-state index is -0.644. The molecule has 3 rings (SSSR count). The van der Waals surface area contributed by atoms with Gasteiger partial charge in [-0.1, -0.05) is 6.58 Å². The fourth-order valence-electron chi connectivity index (χ4n) is 3.14. The number of amidine groups is 1. The van der Waals surface area contributed by atoms with E-state index in [0.29, 0.717) is 11.4 Å². The lowest BCUT2D eigenvalue weighted by Gasteiger charge is -2.25. The first kappa shape index (κ1) is 26.9. The minimum Gasteiger partial charge on any atom is -0.388 e. The number of hydrogen-bond donors (Lipinski definition) is 7. The van der Waals surface area contributed by atoms with Crippen LogP contribution in [0.1, 0.15) is 27.5 Å². The number of carbonyl (C=O) groups excluding carboxylic acids is 4. The number of aromatic amines is 1. The Morgan fingerprint density at radius 3 is 2.62 bits per heavy atom. The van der Waals surface area contributed by atoms with Crippen molar-refractivity contribution in [2.45, 2.75) is 6.42 Å². The van der Waals surface area contributed by atoms with E-state index in [9.17, 15) is 19.2 Å². The number of aryl methyl sites for hydroxylation is 1. The van der Waals surface area contributed by atoms with Gasteiger partial charge in [-0.05, 0) is 22.0 Å². The molecule has 17 heteroatoms. The minimum absolute atomic E-state index is 0.0322. The van der Waals surface area contributed by atoms with Gasteiger partial charge in [0.05, 0.1) is 28.2 Å². The summed E-state index contributed by atoms with van der Waals surface area (Å²) in [6.07, 6.45) is 3.36. The maximum atomic E-state index is 12.8. The Kier molecular flexibility index (Phi) is 8.28. The summed E-state index contributed by atoms with van der Waals surface area (Å²) in [5, 5.41) is 26.6. The van der Waals surface area contributed by atoms with Crippen molar-refractivity contribution in [1.82, 2.24) is 40.4 Å². The van der Waals surface area contributed by atoms with Crippen LogP contribution >= 0.6 is 15.9 Å². The van der Waals surface area contributed by atoms with Crippen molar-refractivity contribution in [1.29, 1.82) is 5.41 Å². The Labute approximate surface area is 218 Å². The first-order valence-electron chi connectivity index (χ1n) is 10.6. The molecule has 0 bridgehead atoms. The molecule has 196 valence electrons. The molecule has 0 radical (unpaired) electrons. The van der Waals surface area contributed by atoms with E-state index >= 15 is 0 Å². The zero-order chi connectivity index (χ0) is 27.3. The second-order valence-corrected chi connectivity index (χ2v) is 8.75. The number of amides is 5. The molecule has 0 saturated heterocycles. The van der Waals surface area contributed by atoms with Gasteiger partial charge in [-0.2, -0.15) is 4.98 Å². The maximum absolute atomic E-state index is 12.8. The molecule has 0 aliphatic carbocycles. The second-order valence-electron chi connectivity index (χ2n) is 7.79. The Morgan fingerprint density at radius 1 is 1.22 bits per heavy atom. The number of H-pyrrole nitrogens is 1. The van der Waals surface area contributed by atoms with E-state index in [0.717, 1.165) is 0 Å². The number of nitrogens with two attached hydrogens (primary N) is 1. The molecular formula is C20H25BrN12O4. The SMILES string of the molecule is C=C(Br)C(=O)Nc1n[nH]c(C(=O)Nc2cc(C(=O)NC3=CN(C)N(C(=O)NCCC(=N)N)C3)n(C)c2)n1. The number of carbonyl (C=O) groups is 4. The Balaban J connectivity index is 1.57. The van der Waals surface area contributed by atoms with Gasteiger partial charge in [0.25, 0.3) is 17.7 Å². The monoisotopic (exact) mass is 576 g/mol. The molecule has 16 nitrogen and oxygen atoms in total. The molecule has 2 aromatic rings. The van der Waals surface area contributed by atoms with Crippen molar-refractivity contribution in [3.63, 3.8) is 0 Å². The Morgan fingerprint density at radius 2 is 1.95 bits per heavy atom. The van der Waals surface area contributed by atoms with Crippen LogP contribution in [0.15, 0.2) is 35.2 Å². The molecule has 0 aromatic carbocycles. The van der Waals surface area contributed by atoms with E-state index in [1.54, 1.807) is 20.3 Å². The molecule has 37 heavy (non-hydrogen) atoms. The fourth-order valence-corrected chi connectivity index (χ4v) is 3.24. The van der Waals surface area contributed by atoms with Crippen LogP contribution in [0, 0.1) is 5.41 Å². The van der Waals surface area contributed by atoms with E-state index in [-0.39, 0.29) is 47.3 Å². The quantitative estimate of drug-likeness (QED) is 0.122. The maximum Gasteiger partial charge on any atom is 0.336 e. The molecule has 8 N–H and O–H groups in total. The van der Waals surface area contributed by atoms with E-state index in [2.05, 4.69) is 59.0 Å². The highest BCUT2D eigenvalue weighted by Gasteiger charge is 2.26. The van der Waals surface area contributed by atoms with Crippen LogP contribution in [0.2, 0.25) is 0 Å². The summed E-state index contributed by atoms with van der Waals surface area (Å²) in [7, 11) is 3.28. The van der Waals surface area contributed by atoms with Crippen LogP contribution in [0.5, 0.6) is 0 Å². The number of anilines is 2. The number of rotatable bonds is 9. The van der Waals surface area contributed by atoms with Crippen molar-refractivity contribution < 1.29 is 19.2 Å². The van der Waals surface area contributed by atoms with Gasteiger partial charge in [0, 0.05) is 39.5 Å². The van der Waals surface area contributed by atoms with Crippen molar-refractivity contribution in [3.05, 3.63) is 46.7 Å². The van der Waals surface area contributed by atoms with E-state index in [4.69, 9.17) is 11.1 Å². The van der Waals surface area contributed by atoms with Gasteiger partial charge in [0.1, 0.15) is 5.69 Å². The lowest BCUT2D eigenvalue weighted by Crippen LogP contribution is -2.46. The Bertz CT molecular complexity index is 1300. The summed E-state index contributed by atoms with van der Waals surface area (Å²) >= 11 is 2.93. The summed E-state index contributed by atoms with van der Waals surface area (Å²) in [5.74, 6) is -1.97. The lowest BCUT2D eigenvalue weighted by molar-refractivity contribution is -0.112. The van der Waals surface area contributed by atoms with Crippen LogP contribution < -0.4 is 27.0 Å². The molecule has 1 aliphatic heterocycles. The number of nitrogens with zero attached hydrogens (tertiary/aromatic N) is 5. The average molecular weight is 577 g/mol. The molecule has 5 amide bonds. The summed E-state index contributed by atoms with van der Waals surface area (Å²) in [5.41, 5.74) is 6.32. The van der Waals surface area contributed by atoms with Gasteiger partial charge < -0.3 is 26.3 Å². The molecular weight excluding hydrogens is 552 g/mol. The van der Waals surface area contributed by atoms with E-state index < -0.39 is 23.8 Å². The standard InChI is InChI=1S/C20H25BrN12O4/c1-10(21)16(34)28-19-27-15(29-30-19)18(36)25-11-6-13(31(2)7-11)17(35)26-12-8-32(3)33(9-12)20(37)24-5-4-14(22)23/h6-8H,1,4-5,9H2,2-3H3,(H3,22,23)(H,24,37)(H,25,36)(H,26,35)(H2,27,28,29,30,34). The van der Waals surface area contributed by atoms with Crippen LogP contribution in [0.4, 0.5) is 16.4 Å². The third kappa shape index (κ3) is 6.94. The average Bonchev–Trinajstić information content (AvgIpc) is 3.52. The van der Waals surface area contributed by atoms with E-state index in [1.807, 2.05) is 0 Å². The normalized spacial score (nSPS) is 12.6. The summed E-state index contributed by atoms with van der Waals surface area (Å²) in [6.45, 7) is 3.76. The molecule has 2 aromatic heterocycles. The molecule has 0 unspecified atom stereocenters. The number of urea groups is 1.